The average molecular weight is 340 g/mol. The van der Waals surface area contributed by atoms with Crippen LogP contribution in [0.1, 0.15) is 50.5 Å². The second kappa shape index (κ2) is 8.81. The zero-order chi connectivity index (χ0) is 14.2. The molecular weight excluding hydrogens is 314 g/mol. The first kappa shape index (κ1) is 16.0. The van der Waals surface area contributed by atoms with E-state index in [1.54, 1.807) is 0 Å². The lowest BCUT2D eigenvalue weighted by atomic mass is 9.92. The van der Waals surface area contributed by atoms with Crippen LogP contribution >= 0.6 is 15.9 Å². The minimum Gasteiger partial charge on any atom is -0.378 e. The Morgan fingerprint density at radius 2 is 2.15 bits per heavy atom. The third-order valence-corrected chi connectivity index (χ3v) is 4.55. The van der Waals surface area contributed by atoms with Gasteiger partial charge in [-0.3, -0.25) is 0 Å². The first-order chi connectivity index (χ1) is 9.79. The molecule has 1 saturated heterocycles. The fourth-order valence-corrected chi connectivity index (χ4v) is 3.10. The number of hydrogen-bond acceptors (Lipinski definition) is 2. The molecule has 1 aromatic carbocycles. The molecule has 0 aliphatic carbocycles. The standard InChI is InChI=1S/C17H26BrNO/c1-2-11-19-13-15(7-10-17-4-3-12-20-17)14-5-8-16(18)9-6-14/h5-6,8-9,15,17,19H,2-4,7,10-13H2,1H3. The molecule has 0 amide bonds. The van der Waals surface area contributed by atoms with Crippen molar-refractivity contribution in [2.24, 2.45) is 0 Å². The third-order valence-electron chi connectivity index (χ3n) is 4.02. The lowest BCUT2D eigenvalue weighted by molar-refractivity contribution is 0.101. The smallest absolute Gasteiger partial charge is 0.0576 e. The predicted molar refractivity (Wildman–Crippen MR) is 88.3 cm³/mol. The topological polar surface area (TPSA) is 21.3 Å². The van der Waals surface area contributed by atoms with E-state index in [0.29, 0.717) is 12.0 Å². The maximum Gasteiger partial charge on any atom is 0.0576 e. The van der Waals surface area contributed by atoms with Crippen LogP contribution in [0.25, 0.3) is 0 Å². The van der Waals surface area contributed by atoms with Gasteiger partial charge in [0.15, 0.2) is 0 Å². The SMILES string of the molecule is CCCNCC(CCC1CCCO1)c1ccc(Br)cc1. The van der Waals surface area contributed by atoms with E-state index in [-0.39, 0.29) is 0 Å². The molecule has 0 bridgehead atoms. The largest absolute Gasteiger partial charge is 0.378 e. The highest BCUT2D eigenvalue weighted by molar-refractivity contribution is 9.10. The lowest BCUT2D eigenvalue weighted by Crippen LogP contribution is -2.23. The van der Waals surface area contributed by atoms with E-state index < -0.39 is 0 Å². The van der Waals surface area contributed by atoms with E-state index in [1.807, 2.05) is 0 Å². The molecule has 3 heteroatoms. The van der Waals surface area contributed by atoms with Gasteiger partial charge in [-0.05, 0) is 62.3 Å². The van der Waals surface area contributed by atoms with Crippen LogP contribution in [0.5, 0.6) is 0 Å². The molecule has 1 fully saturated rings. The van der Waals surface area contributed by atoms with Gasteiger partial charge in [-0.15, -0.1) is 0 Å². The summed E-state index contributed by atoms with van der Waals surface area (Å²) in [6.45, 7) is 5.35. The van der Waals surface area contributed by atoms with Gasteiger partial charge < -0.3 is 10.1 Å². The molecule has 0 spiro atoms. The lowest BCUT2D eigenvalue weighted by Gasteiger charge is -2.20. The van der Waals surface area contributed by atoms with Gasteiger partial charge in [-0.2, -0.15) is 0 Å². The van der Waals surface area contributed by atoms with Crippen LogP contribution in [0.3, 0.4) is 0 Å². The van der Waals surface area contributed by atoms with Crippen LogP contribution in [0, 0.1) is 0 Å². The van der Waals surface area contributed by atoms with Crippen LogP contribution in [-0.2, 0) is 4.74 Å². The highest BCUT2D eigenvalue weighted by Crippen LogP contribution is 2.26. The number of hydrogen-bond donors (Lipinski definition) is 1. The van der Waals surface area contributed by atoms with Crippen molar-refractivity contribution in [1.29, 1.82) is 0 Å². The Hall–Kier alpha value is -0.380. The predicted octanol–water partition coefficient (Wildman–Crippen LogP) is 4.49. The van der Waals surface area contributed by atoms with Crippen molar-refractivity contribution in [1.82, 2.24) is 5.32 Å². The second-order valence-corrected chi connectivity index (χ2v) is 6.58. The van der Waals surface area contributed by atoms with E-state index in [1.165, 1.54) is 37.7 Å². The fraction of sp³-hybridized carbons (Fsp3) is 0.647. The van der Waals surface area contributed by atoms with Crippen molar-refractivity contribution in [2.75, 3.05) is 19.7 Å². The number of halogens is 1. The Morgan fingerprint density at radius 1 is 1.35 bits per heavy atom. The highest BCUT2D eigenvalue weighted by Gasteiger charge is 2.18. The molecule has 0 radical (unpaired) electrons. The first-order valence-electron chi connectivity index (χ1n) is 7.87. The molecule has 0 aromatic heterocycles. The summed E-state index contributed by atoms with van der Waals surface area (Å²) in [4.78, 5) is 0. The fourth-order valence-electron chi connectivity index (χ4n) is 2.83. The number of nitrogens with one attached hydrogen (secondary N) is 1. The summed E-state index contributed by atoms with van der Waals surface area (Å²) in [5.74, 6) is 0.596. The molecule has 1 aromatic rings. The molecule has 20 heavy (non-hydrogen) atoms. The molecule has 1 aliphatic rings. The summed E-state index contributed by atoms with van der Waals surface area (Å²) >= 11 is 3.52. The van der Waals surface area contributed by atoms with Crippen molar-refractivity contribution in [3.05, 3.63) is 34.3 Å². The van der Waals surface area contributed by atoms with Crippen LogP contribution in [0.2, 0.25) is 0 Å². The Labute approximate surface area is 131 Å². The monoisotopic (exact) mass is 339 g/mol. The second-order valence-electron chi connectivity index (χ2n) is 5.66. The number of benzene rings is 1. The minimum absolute atomic E-state index is 0.499. The van der Waals surface area contributed by atoms with E-state index in [2.05, 4.69) is 52.4 Å². The molecule has 2 atom stereocenters. The van der Waals surface area contributed by atoms with Gasteiger partial charge in [-0.25, -0.2) is 0 Å². The van der Waals surface area contributed by atoms with Crippen molar-refractivity contribution in [2.45, 2.75) is 51.0 Å². The number of rotatable bonds is 8. The van der Waals surface area contributed by atoms with Gasteiger partial charge in [0.05, 0.1) is 6.10 Å². The Kier molecular flexibility index (Phi) is 7.05. The normalized spacial score (nSPS) is 20.2. The van der Waals surface area contributed by atoms with Crippen molar-refractivity contribution >= 4 is 15.9 Å². The Morgan fingerprint density at radius 3 is 2.80 bits per heavy atom. The summed E-state index contributed by atoms with van der Waals surface area (Å²) in [5.41, 5.74) is 1.44. The van der Waals surface area contributed by atoms with Crippen LogP contribution in [-0.4, -0.2) is 25.8 Å². The summed E-state index contributed by atoms with van der Waals surface area (Å²) in [5, 5.41) is 3.57. The van der Waals surface area contributed by atoms with Crippen molar-refractivity contribution < 1.29 is 4.74 Å². The molecule has 1 aliphatic heterocycles. The summed E-state index contributed by atoms with van der Waals surface area (Å²) in [6.07, 6.45) is 6.58. The summed E-state index contributed by atoms with van der Waals surface area (Å²) < 4.78 is 6.91. The summed E-state index contributed by atoms with van der Waals surface area (Å²) in [7, 11) is 0. The van der Waals surface area contributed by atoms with Gasteiger partial charge in [0.1, 0.15) is 0 Å². The van der Waals surface area contributed by atoms with Gasteiger partial charge >= 0.3 is 0 Å². The van der Waals surface area contributed by atoms with E-state index in [4.69, 9.17) is 4.74 Å². The van der Waals surface area contributed by atoms with Gasteiger partial charge in [0.2, 0.25) is 0 Å². The average Bonchev–Trinajstić information content (AvgIpc) is 2.97. The quantitative estimate of drug-likeness (QED) is 0.704. The van der Waals surface area contributed by atoms with E-state index in [0.717, 1.165) is 24.2 Å². The zero-order valence-corrected chi connectivity index (χ0v) is 14.0. The van der Waals surface area contributed by atoms with Crippen molar-refractivity contribution in [3.8, 4) is 0 Å². The van der Waals surface area contributed by atoms with Gasteiger partial charge in [-0.1, -0.05) is 35.0 Å². The molecule has 1 heterocycles. The zero-order valence-electron chi connectivity index (χ0n) is 12.4. The molecule has 2 nitrogen and oxygen atoms in total. The van der Waals surface area contributed by atoms with Crippen LogP contribution in [0.4, 0.5) is 0 Å². The highest BCUT2D eigenvalue weighted by atomic mass is 79.9. The Bertz CT molecular complexity index is 373. The first-order valence-corrected chi connectivity index (χ1v) is 8.66. The van der Waals surface area contributed by atoms with Crippen molar-refractivity contribution in [3.63, 3.8) is 0 Å². The van der Waals surface area contributed by atoms with Gasteiger partial charge in [0.25, 0.3) is 0 Å². The maximum absolute atomic E-state index is 5.76. The molecule has 2 unspecified atom stereocenters. The van der Waals surface area contributed by atoms with E-state index in [9.17, 15) is 0 Å². The number of ether oxygens (including phenoxy) is 1. The minimum atomic E-state index is 0.499. The molecular formula is C17H26BrNO. The van der Waals surface area contributed by atoms with Crippen LogP contribution < -0.4 is 5.32 Å². The van der Waals surface area contributed by atoms with Crippen LogP contribution in [0.15, 0.2) is 28.7 Å². The van der Waals surface area contributed by atoms with E-state index >= 15 is 0 Å². The van der Waals surface area contributed by atoms with Gasteiger partial charge in [0, 0.05) is 17.6 Å². The maximum atomic E-state index is 5.76. The molecule has 112 valence electrons. The molecule has 2 rings (SSSR count). The Balaban J connectivity index is 1.90. The molecule has 0 saturated carbocycles. The third kappa shape index (κ3) is 5.19. The molecule has 1 N–H and O–H groups in total. The summed E-state index contributed by atoms with van der Waals surface area (Å²) in [6, 6.07) is 8.79.